The van der Waals surface area contributed by atoms with Crippen molar-refractivity contribution < 1.29 is 19.0 Å². The largest absolute Gasteiger partial charge is 0.508 e. The maximum Gasteiger partial charge on any atom is 0.255 e. The van der Waals surface area contributed by atoms with Crippen molar-refractivity contribution in [2.24, 2.45) is 5.73 Å². The summed E-state index contributed by atoms with van der Waals surface area (Å²) in [4.78, 5) is 11.2. The zero-order chi connectivity index (χ0) is 14.0. The number of nitrogens with two attached hydrogens (primary N) is 1. The average Bonchev–Trinajstić information content (AvgIpc) is 2.34. The SMILES string of the molecule is Cc1c(O)cccc1Oc1cccc(F)c1C(N)=O. The fourth-order valence-electron chi connectivity index (χ4n) is 1.66. The molecule has 0 bridgehead atoms. The second-order valence-corrected chi connectivity index (χ2v) is 3.98. The number of aromatic hydroxyl groups is 1. The molecule has 4 nitrogen and oxygen atoms in total. The number of benzene rings is 2. The number of hydrogen-bond donors (Lipinski definition) is 2. The predicted molar refractivity (Wildman–Crippen MR) is 67.8 cm³/mol. The topological polar surface area (TPSA) is 72.6 Å². The van der Waals surface area contributed by atoms with Crippen LogP contribution in [-0.2, 0) is 0 Å². The molecule has 0 radical (unpaired) electrons. The molecule has 1 amide bonds. The van der Waals surface area contributed by atoms with Crippen LogP contribution in [0.2, 0.25) is 0 Å². The van der Waals surface area contributed by atoms with Gasteiger partial charge in [-0.05, 0) is 31.2 Å². The van der Waals surface area contributed by atoms with Crippen molar-refractivity contribution in [2.75, 3.05) is 0 Å². The van der Waals surface area contributed by atoms with Crippen molar-refractivity contribution >= 4 is 5.91 Å². The predicted octanol–water partition coefficient (Wildman–Crippen LogP) is 2.73. The summed E-state index contributed by atoms with van der Waals surface area (Å²) in [6.45, 7) is 1.65. The van der Waals surface area contributed by atoms with E-state index in [0.29, 0.717) is 11.3 Å². The Bertz CT molecular complexity index is 641. The summed E-state index contributed by atoms with van der Waals surface area (Å²) in [5, 5.41) is 9.57. The van der Waals surface area contributed by atoms with Crippen LogP contribution >= 0.6 is 0 Å². The quantitative estimate of drug-likeness (QED) is 0.892. The molecule has 3 N–H and O–H groups in total. The Morgan fingerprint density at radius 2 is 1.84 bits per heavy atom. The number of primary amides is 1. The van der Waals surface area contributed by atoms with Crippen LogP contribution in [0, 0.1) is 12.7 Å². The van der Waals surface area contributed by atoms with E-state index in [9.17, 15) is 14.3 Å². The number of phenolic OH excluding ortho intramolecular Hbond substituents is 1. The molecule has 0 spiro atoms. The lowest BCUT2D eigenvalue weighted by Gasteiger charge is -2.12. The Morgan fingerprint density at radius 1 is 1.21 bits per heavy atom. The van der Waals surface area contributed by atoms with Gasteiger partial charge in [-0.25, -0.2) is 4.39 Å². The molecular weight excluding hydrogens is 249 g/mol. The van der Waals surface area contributed by atoms with E-state index < -0.39 is 11.7 Å². The van der Waals surface area contributed by atoms with E-state index >= 15 is 0 Å². The van der Waals surface area contributed by atoms with Gasteiger partial charge in [-0.2, -0.15) is 0 Å². The molecule has 2 aromatic carbocycles. The first kappa shape index (κ1) is 12.9. The minimum atomic E-state index is -0.911. The molecule has 0 heterocycles. The lowest BCUT2D eigenvalue weighted by Crippen LogP contribution is -2.14. The Balaban J connectivity index is 2.47. The normalized spacial score (nSPS) is 10.2. The molecular formula is C14H12FNO3. The molecule has 0 aliphatic rings. The second kappa shape index (κ2) is 4.97. The van der Waals surface area contributed by atoms with E-state index in [1.165, 1.54) is 18.2 Å². The number of carbonyl (C=O) groups excluding carboxylic acids is 1. The van der Waals surface area contributed by atoms with Crippen LogP contribution in [0.15, 0.2) is 36.4 Å². The summed E-state index contributed by atoms with van der Waals surface area (Å²) in [6, 6.07) is 8.67. The Hall–Kier alpha value is -2.56. The molecule has 0 aliphatic carbocycles. The first-order valence-corrected chi connectivity index (χ1v) is 5.55. The van der Waals surface area contributed by atoms with E-state index in [-0.39, 0.29) is 17.1 Å². The minimum absolute atomic E-state index is 0.0150. The van der Waals surface area contributed by atoms with Crippen molar-refractivity contribution in [3.63, 3.8) is 0 Å². The third kappa shape index (κ3) is 2.49. The van der Waals surface area contributed by atoms with Crippen LogP contribution in [0.3, 0.4) is 0 Å². The molecule has 0 fully saturated rings. The Kier molecular flexibility index (Phi) is 3.37. The third-order valence-electron chi connectivity index (χ3n) is 2.70. The van der Waals surface area contributed by atoms with Gasteiger partial charge in [0, 0.05) is 5.56 Å². The van der Waals surface area contributed by atoms with Gasteiger partial charge in [0.15, 0.2) is 0 Å². The van der Waals surface area contributed by atoms with Gasteiger partial charge in [0.2, 0.25) is 0 Å². The van der Waals surface area contributed by atoms with Gasteiger partial charge < -0.3 is 15.6 Å². The number of rotatable bonds is 3. The number of halogens is 1. The standard InChI is InChI=1S/C14H12FNO3/c1-8-10(17)5-3-6-11(8)19-12-7-2-4-9(15)13(12)14(16)18/h2-7,17H,1H3,(H2,16,18). The van der Waals surface area contributed by atoms with E-state index in [4.69, 9.17) is 10.5 Å². The third-order valence-corrected chi connectivity index (χ3v) is 2.70. The van der Waals surface area contributed by atoms with Crippen LogP contribution in [0.5, 0.6) is 17.2 Å². The van der Waals surface area contributed by atoms with Gasteiger partial charge in [0.05, 0.1) is 0 Å². The summed E-state index contributed by atoms with van der Waals surface area (Å²) >= 11 is 0. The summed E-state index contributed by atoms with van der Waals surface area (Å²) in [5.41, 5.74) is 5.30. The molecule has 0 aliphatic heterocycles. The monoisotopic (exact) mass is 261 g/mol. The van der Waals surface area contributed by atoms with Crippen molar-refractivity contribution in [2.45, 2.75) is 6.92 Å². The van der Waals surface area contributed by atoms with Crippen molar-refractivity contribution in [1.29, 1.82) is 0 Å². The molecule has 19 heavy (non-hydrogen) atoms. The van der Waals surface area contributed by atoms with Crippen molar-refractivity contribution in [3.8, 4) is 17.2 Å². The van der Waals surface area contributed by atoms with Crippen molar-refractivity contribution in [1.82, 2.24) is 0 Å². The van der Waals surface area contributed by atoms with E-state index in [1.54, 1.807) is 19.1 Å². The Labute approximate surface area is 109 Å². The van der Waals surface area contributed by atoms with Gasteiger partial charge in [-0.3, -0.25) is 4.79 Å². The van der Waals surface area contributed by atoms with Crippen LogP contribution in [-0.4, -0.2) is 11.0 Å². The van der Waals surface area contributed by atoms with Crippen LogP contribution in [0.4, 0.5) is 4.39 Å². The maximum absolute atomic E-state index is 13.6. The van der Waals surface area contributed by atoms with Crippen LogP contribution in [0.1, 0.15) is 15.9 Å². The summed E-state index contributed by atoms with van der Waals surface area (Å²) in [6.07, 6.45) is 0. The summed E-state index contributed by atoms with van der Waals surface area (Å²) < 4.78 is 19.0. The van der Waals surface area contributed by atoms with Gasteiger partial charge in [-0.15, -0.1) is 0 Å². The highest BCUT2D eigenvalue weighted by molar-refractivity contribution is 5.96. The molecule has 0 saturated carbocycles. The van der Waals surface area contributed by atoms with Gasteiger partial charge in [0.1, 0.15) is 28.6 Å². The molecule has 0 saturated heterocycles. The highest BCUT2D eigenvalue weighted by Gasteiger charge is 2.16. The molecule has 2 rings (SSSR count). The molecule has 2 aromatic rings. The first-order chi connectivity index (χ1) is 9.00. The Morgan fingerprint density at radius 3 is 2.53 bits per heavy atom. The summed E-state index contributed by atoms with van der Waals surface area (Å²) in [5.74, 6) is -1.27. The first-order valence-electron chi connectivity index (χ1n) is 5.55. The lowest BCUT2D eigenvalue weighted by molar-refractivity contribution is 0.0994. The van der Waals surface area contributed by atoms with Gasteiger partial charge in [0.25, 0.3) is 5.91 Å². The minimum Gasteiger partial charge on any atom is -0.508 e. The smallest absolute Gasteiger partial charge is 0.255 e. The number of ether oxygens (including phenoxy) is 1. The molecule has 0 unspecified atom stereocenters. The second-order valence-electron chi connectivity index (χ2n) is 3.98. The average molecular weight is 261 g/mol. The number of carbonyl (C=O) groups is 1. The summed E-state index contributed by atoms with van der Waals surface area (Å²) in [7, 11) is 0. The molecule has 98 valence electrons. The molecule has 0 atom stereocenters. The molecule has 0 aromatic heterocycles. The number of phenols is 1. The highest BCUT2D eigenvalue weighted by Crippen LogP contribution is 2.32. The number of amides is 1. The van der Waals surface area contributed by atoms with E-state index in [2.05, 4.69) is 0 Å². The van der Waals surface area contributed by atoms with Crippen LogP contribution in [0.25, 0.3) is 0 Å². The number of hydrogen-bond acceptors (Lipinski definition) is 3. The van der Waals surface area contributed by atoms with E-state index in [1.807, 2.05) is 0 Å². The lowest BCUT2D eigenvalue weighted by atomic mass is 10.1. The zero-order valence-corrected chi connectivity index (χ0v) is 10.2. The highest BCUT2D eigenvalue weighted by atomic mass is 19.1. The van der Waals surface area contributed by atoms with Gasteiger partial charge in [-0.1, -0.05) is 12.1 Å². The van der Waals surface area contributed by atoms with Gasteiger partial charge >= 0.3 is 0 Å². The van der Waals surface area contributed by atoms with Crippen LogP contribution < -0.4 is 10.5 Å². The van der Waals surface area contributed by atoms with Crippen molar-refractivity contribution in [3.05, 3.63) is 53.3 Å². The van der Waals surface area contributed by atoms with E-state index in [0.717, 1.165) is 6.07 Å². The fraction of sp³-hybridized carbons (Fsp3) is 0.0714. The maximum atomic E-state index is 13.6. The zero-order valence-electron chi connectivity index (χ0n) is 10.2. The fourth-order valence-corrected chi connectivity index (χ4v) is 1.66. The molecule has 5 heteroatoms.